The Morgan fingerprint density at radius 2 is 1.79 bits per heavy atom. The number of hydrogen-bond acceptors (Lipinski definition) is 4. The molecule has 2 aromatic rings. The standard InChI is InChI=1S/C21H30N6O.HI/c1-22-21(24-15-18-10-7-11-19(25-18)26(2)3)23-13-12-16-8-6-9-17(14-16)20(28)27(4)5;/h6-11,14H,12-13,15H2,1-5H3,(H2,22,23,24);1H. The molecule has 0 radical (unpaired) electrons. The Kier molecular flexibility index (Phi) is 10.4. The predicted molar refractivity (Wildman–Crippen MR) is 130 cm³/mol. The van der Waals surface area contributed by atoms with Crippen molar-refractivity contribution in [1.82, 2.24) is 20.5 Å². The summed E-state index contributed by atoms with van der Waals surface area (Å²) in [6.07, 6.45) is 0.795. The fourth-order valence-corrected chi connectivity index (χ4v) is 2.65. The number of hydrogen-bond donors (Lipinski definition) is 2. The maximum absolute atomic E-state index is 12.1. The third kappa shape index (κ3) is 7.88. The van der Waals surface area contributed by atoms with Gasteiger partial charge in [0.2, 0.25) is 0 Å². The van der Waals surface area contributed by atoms with E-state index in [1.807, 2.05) is 61.5 Å². The molecule has 7 nitrogen and oxygen atoms in total. The number of aliphatic imine (C=N–C) groups is 1. The highest BCUT2D eigenvalue weighted by Crippen LogP contribution is 2.08. The smallest absolute Gasteiger partial charge is 0.253 e. The van der Waals surface area contributed by atoms with Crippen molar-refractivity contribution in [3.63, 3.8) is 0 Å². The molecule has 1 heterocycles. The molecular formula is C21H31IN6O. The van der Waals surface area contributed by atoms with Crippen LogP contribution >= 0.6 is 24.0 Å². The topological polar surface area (TPSA) is 72.9 Å². The molecule has 29 heavy (non-hydrogen) atoms. The van der Waals surface area contributed by atoms with Gasteiger partial charge in [0, 0.05) is 47.3 Å². The van der Waals surface area contributed by atoms with Gasteiger partial charge in [-0.05, 0) is 36.2 Å². The molecule has 2 N–H and O–H groups in total. The van der Waals surface area contributed by atoms with Crippen LogP contribution in [0.4, 0.5) is 5.82 Å². The molecular weight excluding hydrogens is 479 g/mol. The number of benzene rings is 1. The molecule has 0 spiro atoms. The van der Waals surface area contributed by atoms with Crippen molar-refractivity contribution in [3.05, 3.63) is 59.3 Å². The highest BCUT2D eigenvalue weighted by atomic mass is 127. The van der Waals surface area contributed by atoms with Crippen molar-refractivity contribution in [2.24, 2.45) is 4.99 Å². The molecule has 0 fully saturated rings. The van der Waals surface area contributed by atoms with Crippen LogP contribution in [0.25, 0.3) is 0 Å². The second-order valence-electron chi connectivity index (χ2n) is 6.88. The fourth-order valence-electron chi connectivity index (χ4n) is 2.65. The number of guanidine groups is 1. The lowest BCUT2D eigenvalue weighted by Crippen LogP contribution is -2.38. The van der Waals surface area contributed by atoms with Gasteiger partial charge in [-0.1, -0.05) is 18.2 Å². The van der Waals surface area contributed by atoms with E-state index in [0.29, 0.717) is 18.7 Å². The molecule has 0 bridgehead atoms. The monoisotopic (exact) mass is 510 g/mol. The Morgan fingerprint density at radius 3 is 2.45 bits per heavy atom. The van der Waals surface area contributed by atoms with E-state index in [0.717, 1.165) is 29.5 Å². The molecule has 0 saturated heterocycles. The van der Waals surface area contributed by atoms with Crippen LogP contribution in [0.5, 0.6) is 0 Å². The average molecular weight is 510 g/mol. The Hall–Kier alpha value is -2.36. The van der Waals surface area contributed by atoms with E-state index in [4.69, 9.17) is 0 Å². The maximum Gasteiger partial charge on any atom is 0.253 e. The van der Waals surface area contributed by atoms with Gasteiger partial charge in [-0.3, -0.25) is 9.79 Å². The summed E-state index contributed by atoms with van der Waals surface area (Å²) in [4.78, 5) is 24.5. The zero-order chi connectivity index (χ0) is 20.5. The van der Waals surface area contributed by atoms with Crippen molar-refractivity contribution >= 4 is 41.7 Å². The van der Waals surface area contributed by atoms with Crippen LogP contribution in [-0.4, -0.2) is 63.5 Å². The van der Waals surface area contributed by atoms with Crippen molar-refractivity contribution in [3.8, 4) is 0 Å². The van der Waals surface area contributed by atoms with Crippen LogP contribution in [0, 0.1) is 0 Å². The molecule has 1 amide bonds. The lowest BCUT2D eigenvalue weighted by molar-refractivity contribution is 0.0827. The van der Waals surface area contributed by atoms with E-state index in [1.54, 1.807) is 26.0 Å². The van der Waals surface area contributed by atoms with Crippen molar-refractivity contribution < 1.29 is 4.79 Å². The minimum absolute atomic E-state index is 0. The second-order valence-corrected chi connectivity index (χ2v) is 6.88. The van der Waals surface area contributed by atoms with Crippen LogP contribution in [0.2, 0.25) is 0 Å². The number of aromatic nitrogens is 1. The zero-order valence-electron chi connectivity index (χ0n) is 17.8. The van der Waals surface area contributed by atoms with Gasteiger partial charge < -0.3 is 20.4 Å². The molecule has 0 aliphatic rings. The van der Waals surface area contributed by atoms with Crippen LogP contribution < -0.4 is 15.5 Å². The maximum atomic E-state index is 12.1. The van der Waals surface area contributed by atoms with Gasteiger partial charge in [0.25, 0.3) is 5.91 Å². The first-order chi connectivity index (χ1) is 13.4. The van der Waals surface area contributed by atoms with Gasteiger partial charge >= 0.3 is 0 Å². The number of pyridine rings is 1. The number of anilines is 1. The SMILES string of the molecule is CN=C(NCCc1cccc(C(=O)N(C)C)c1)NCc1cccc(N(C)C)n1.I. The molecule has 0 atom stereocenters. The summed E-state index contributed by atoms with van der Waals surface area (Å²) in [5.74, 6) is 1.66. The van der Waals surface area contributed by atoms with Crippen molar-refractivity contribution in [2.75, 3.05) is 46.7 Å². The molecule has 1 aromatic heterocycles. The summed E-state index contributed by atoms with van der Waals surface area (Å²) in [5.41, 5.74) is 2.76. The summed E-state index contributed by atoms with van der Waals surface area (Å²) < 4.78 is 0. The van der Waals surface area contributed by atoms with E-state index in [2.05, 4.69) is 20.6 Å². The molecule has 1 aromatic carbocycles. The minimum atomic E-state index is 0. The first-order valence-corrected chi connectivity index (χ1v) is 9.29. The van der Waals surface area contributed by atoms with Crippen LogP contribution in [0.3, 0.4) is 0 Å². The van der Waals surface area contributed by atoms with E-state index >= 15 is 0 Å². The number of rotatable bonds is 7. The normalized spacial score (nSPS) is 10.7. The second kappa shape index (κ2) is 12.3. The number of nitrogens with one attached hydrogen (secondary N) is 2. The third-order valence-electron chi connectivity index (χ3n) is 4.20. The van der Waals surface area contributed by atoms with Gasteiger partial charge in [0.05, 0.1) is 12.2 Å². The molecule has 158 valence electrons. The Morgan fingerprint density at radius 1 is 1.07 bits per heavy atom. The lowest BCUT2D eigenvalue weighted by Gasteiger charge is -2.14. The number of carbonyl (C=O) groups excluding carboxylic acids is 1. The van der Waals surface area contributed by atoms with Gasteiger partial charge in [-0.25, -0.2) is 4.98 Å². The van der Waals surface area contributed by atoms with Crippen molar-refractivity contribution in [1.29, 1.82) is 0 Å². The van der Waals surface area contributed by atoms with E-state index in [9.17, 15) is 4.79 Å². The number of halogens is 1. The Balaban J connectivity index is 0.00000420. The average Bonchev–Trinajstić information content (AvgIpc) is 2.70. The van der Waals surface area contributed by atoms with Gasteiger partial charge in [-0.15, -0.1) is 24.0 Å². The Bertz CT molecular complexity index is 822. The number of carbonyl (C=O) groups is 1. The third-order valence-corrected chi connectivity index (χ3v) is 4.20. The summed E-state index contributed by atoms with van der Waals surface area (Å²) in [6, 6.07) is 13.7. The summed E-state index contributed by atoms with van der Waals surface area (Å²) >= 11 is 0. The quantitative estimate of drug-likeness (QED) is 0.340. The summed E-state index contributed by atoms with van der Waals surface area (Å²) in [6.45, 7) is 1.30. The lowest BCUT2D eigenvalue weighted by atomic mass is 10.1. The minimum Gasteiger partial charge on any atom is -0.363 e. The van der Waals surface area contributed by atoms with Gasteiger partial charge in [0.1, 0.15) is 5.82 Å². The molecule has 0 aliphatic heterocycles. The van der Waals surface area contributed by atoms with E-state index < -0.39 is 0 Å². The predicted octanol–water partition coefficient (Wildman–Crippen LogP) is 2.38. The molecule has 0 saturated carbocycles. The van der Waals surface area contributed by atoms with E-state index in [1.165, 1.54) is 0 Å². The van der Waals surface area contributed by atoms with Crippen LogP contribution in [-0.2, 0) is 13.0 Å². The zero-order valence-corrected chi connectivity index (χ0v) is 20.1. The first kappa shape index (κ1) is 24.7. The molecule has 8 heteroatoms. The highest BCUT2D eigenvalue weighted by Gasteiger charge is 2.08. The number of nitrogens with zero attached hydrogens (tertiary/aromatic N) is 4. The van der Waals surface area contributed by atoms with Crippen LogP contribution in [0.1, 0.15) is 21.6 Å². The number of amides is 1. The van der Waals surface area contributed by atoms with Gasteiger partial charge in [0.15, 0.2) is 5.96 Å². The largest absolute Gasteiger partial charge is 0.363 e. The van der Waals surface area contributed by atoms with Crippen LogP contribution in [0.15, 0.2) is 47.5 Å². The first-order valence-electron chi connectivity index (χ1n) is 9.29. The fraction of sp³-hybridized carbons (Fsp3) is 0.381. The summed E-state index contributed by atoms with van der Waals surface area (Å²) in [7, 11) is 9.21. The van der Waals surface area contributed by atoms with Crippen molar-refractivity contribution in [2.45, 2.75) is 13.0 Å². The molecule has 0 aliphatic carbocycles. The highest BCUT2D eigenvalue weighted by molar-refractivity contribution is 14.0. The Labute approximate surface area is 190 Å². The molecule has 2 rings (SSSR count). The van der Waals surface area contributed by atoms with E-state index in [-0.39, 0.29) is 29.9 Å². The molecule has 0 unspecified atom stereocenters. The summed E-state index contributed by atoms with van der Waals surface area (Å²) in [5, 5.41) is 6.58. The van der Waals surface area contributed by atoms with Gasteiger partial charge in [-0.2, -0.15) is 0 Å².